The summed E-state index contributed by atoms with van der Waals surface area (Å²) in [6.07, 6.45) is 0.683. The molecule has 2 saturated heterocycles. The topological polar surface area (TPSA) is 113 Å². The van der Waals surface area contributed by atoms with Crippen LogP contribution in [0, 0.1) is 41.2 Å². The zero-order valence-electron chi connectivity index (χ0n) is 41.6. The normalized spacial score (nSPS) is 16.1. The van der Waals surface area contributed by atoms with Gasteiger partial charge in [-0.15, -0.1) is 12.1 Å². The third-order valence-corrected chi connectivity index (χ3v) is 12.8. The second-order valence-electron chi connectivity index (χ2n) is 17.8. The van der Waals surface area contributed by atoms with Crippen LogP contribution in [0.4, 0.5) is 28.9 Å². The van der Waals surface area contributed by atoms with E-state index in [2.05, 4.69) is 6.07 Å². The summed E-state index contributed by atoms with van der Waals surface area (Å²) < 4.78 is 63.7. The monoisotopic (exact) mass is 1110 g/mol. The van der Waals surface area contributed by atoms with Crippen LogP contribution >= 0.6 is 0 Å². The molecule has 2 aliphatic rings. The smallest absolute Gasteiger partial charge is 1.00 e. The van der Waals surface area contributed by atoms with E-state index >= 15 is 0 Å². The number of ether oxygens (including phenoxy) is 2. The summed E-state index contributed by atoms with van der Waals surface area (Å²) in [5.74, 6) is -2.16. The number of carbonyl (C=O) groups is 4. The minimum absolute atomic E-state index is 0. The van der Waals surface area contributed by atoms with Gasteiger partial charge in [0.2, 0.25) is 11.8 Å². The van der Waals surface area contributed by atoms with Crippen molar-refractivity contribution < 1.29 is 68.3 Å². The van der Waals surface area contributed by atoms with Crippen LogP contribution in [0.2, 0.25) is 0 Å². The third-order valence-electron chi connectivity index (χ3n) is 12.8. The zero-order chi connectivity index (χ0) is 52.7. The minimum atomic E-state index is -0.934. The van der Waals surface area contributed by atoms with Crippen molar-refractivity contribution in [2.75, 3.05) is 9.80 Å². The van der Waals surface area contributed by atoms with Gasteiger partial charge < -0.3 is 41.4 Å². The van der Waals surface area contributed by atoms with Crippen LogP contribution in [0.25, 0.3) is 0 Å². The molecule has 15 heteroatoms. The van der Waals surface area contributed by atoms with Crippen molar-refractivity contribution in [3.8, 4) is 11.5 Å². The van der Waals surface area contributed by atoms with Crippen molar-refractivity contribution in [3.05, 3.63) is 263 Å². The molecule has 2 fully saturated rings. The molecule has 0 saturated carbocycles. The number of hydrogen-bond acceptors (Lipinski definition) is 6. The van der Waals surface area contributed by atoms with Gasteiger partial charge in [0.25, 0.3) is 0 Å². The molecule has 8 aromatic carbocycles. The molecule has 0 bridgehead atoms. The van der Waals surface area contributed by atoms with E-state index in [1.54, 1.807) is 34.1 Å². The van der Waals surface area contributed by atoms with Crippen molar-refractivity contribution in [2.24, 2.45) is 11.8 Å². The number of amides is 2. The molecule has 0 unspecified atom stereocenters. The maximum absolute atomic E-state index is 13.5. The maximum Gasteiger partial charge on any atom is 2.00 e. The van der Waals surface area contributed by atoms with Crippen molar-refractivity contribution in [2.45, 2.75) is 51.0 Å². The fraction of sp³-hybridized carbons (Fsp3) is 0.161. The van der Waals surface area contributed by atoms with Gasteiger partial charge in [-0.1, -0.05) is 84.9 Å². The zero-order valence-corrected chi connectivity index (χ0v) is 44.6. The number of β-lactam (4-membered cyclic amide) rings is 2. The van der Waals surface area contributed by atoms with Gasteiger partial charge in [0.15, 0.2) is 5.78 Å². The molecule has 388 valence electrons. The average Bonchev–Trinajstić information content (AvgIpc) is 3.48. The van der Waals surface area contributed by atoms with E-state index in [1.807, 2.05) is 109 Å². The quantitative estimate of drug-likeness (QED) is 0.0318. The summed E-state index contributed by atoms with van der Waals surface area (Å²) in [4.78, 5) is 52.9. The van der Waals surface area contributed by atoms with Crippen LogP contribution in [0.3, 0.4) is 0 Å². The molecule has 0 aromatic heterocycles. The number of carbonyl (C=O) groups excluding carboxylic acids is 3. The van der Waals surface area contributed by atoms with E-state index < -0.39 is 23.6 Å². The van der Waals surface area contributed by atoms with Crippen molar-refractivity contribution in [3.63, 3.8) is 0 Å². The van der Waals surface area contributed by atoms with Gasteiger partial charge in [-0.3, -0.25) is 19.2 Å². The molecule has 77 heavy (non-hydrogen) atoms. The third kappa shape index (κ3) is 15.7. The van der Waals surface area contributed by atoms with Gasteiger partial charge in [0.05, 0.1) is 23.9 Å². The van der Waals surface area contributed by atoms with Crippen LogP contribution in [0.5, 0.6) is 11.5 Å². The molecule has 4 atom stereocenters. The first-order chi connectivity index (χ1) is 36.4. The van der Waals surface area contributed by atoms with E-state index in [4.69, 9.17) is 14.6 Å². The Bertz CT molecular complexity index is 3150. The SMILES string of the molecule is Fc1cc[c-]cc1.O=C(CC[C@H]1C(=O)N(c2ccc(F)cc2)[C@@H]1c1ccc(OCc2ccccc2)cc1)c1ccc(F)cc1.O=C(O)CC[C@H]1C(=O)N(c2ccc(F)cc2)[C@@H]1c1ccc(OCc2ccccc2)cc1.[Br-].[Mg+2]. The standard InChI is InChI=1S/C31H25F2NO3.C25H22FNO4.C6H4F.BrH.Mg/c32-24-10-6-22(7-11-24)29(35)19-18-28-30(34(31(28)36)26-14-12-25(33)13-15-26)23-8-16-27(17-9-23)37-20-21-4-2-1-3-5-21;26-19-8-10-20(11-9-19)27-24(22(25(27)30)14-15-23(28)29)18-6-12-21(13-7-18)31-16-17-4-2-1-3-5-17;7-6-4-2-1-3-5-6;;/h1-17,28,30H,18-20H2;1-13,22,24H,14-16H2,(H,28,29);2-5H;1H;/q;;-1;;+2/p-1/t28-,30-;22-,24-;;;/m11.../s1. The van der Waals surface area contributed by atoms with Gasteiger partial charge in [-0.25, -0.2) is 17.6 Å². The first-order valence-corrected chi connectivity index (χ1v) is 24.2. The van der Waals surface area contributed by atoms with Crippen molar-refractivity contribution in [1.29, 1.82) is 0 Å². The van der Waals surface area contributed by atoms with Crippen LogP contribution in [-0.2, 0) is 27.6 Å². The Kier molecular flexibility index (Phi) is 21.7. The number of Topliss-reactive ketones (excluding diaryl/α,β-unsaturated/α-hetero) is 1. The first kappa shape index (κ1) is 58.7. The summed E-state index contributed by atoms with van der Waals surface area (Å²) in [6.45, 7) is 0.892. The number of rotatable bonds is 17. The maximum atomic E-state index is 13.5. The van der Waals surface area contributed by atoms with Crippen molar-refractivity contribution in [1.82, 2.24) is 0 Å². The molecule has 0 spiro atoms. The Labute approximate surface area is 471 Å². The Hall–Kier alpha value is -7.59. The van der Waals surface area contributed by atoms with Gasteiger partial charge in [-0.05, 0) is 132 Å². The average molecular weight is 1120 g/mol. The number of hydrogen-bond donors (Lipinski definition) is 1. The molecule has 2 heterocycles. The number of carboxylic acids is 1. The van der Waals surface area contributed by atoms with Crippen LogP contribution in [0.1, 0.15) is 70.4 Å². The second kappa shape index (κ2) is 28.5. The number of ketones is 1. The Morgan fingerprint density at radius 3 is 1.21 bits per heavy atom. The molecule has 0 radical (unpaired) electrons. The molecule has 9 nitrogen and oxygen atoms in total. The first-order valence-electron chi connectivity index (χ1n) is 24.2. The summed E-state index contributed by atoms with van der Waals surface area (Å²) in [5.41, 5.74) is 5.51. The van der Waals surface area contributed by atoms with E-state index in [1.165, 1.54) is 72.8 Å². The molecular weight excluding hydrogens is 1060 g/mol. The number of nitrogens with zero attached hydrogens (tertiary/aromatic N) is 2. The minimum Gasteiger partial charge on any atom is -1.00 e. The Balaban J connectivity index is 0.000000218. The van der Waals surface area contributed by atoms with E-state index in [-0.39, 0.29) is 106 Å². The number of halogens is 5. The summed E-state index contributed by atoms with van der Waals surface area (Å²) >= 11 is 0. The van der Waals surface area contributed by atoms with Gasteiger partial charge in [0, 0.05) is 35.6 Å². The van der Waals surface area contributed by atoms with E-state index in [9.17, 15) is 36.7 Å². The second-order valence-corrected chi connectivity index (χ2v) is 17.8. The van der Waals surface area contributed by atoms with Gasteiger partial charge in [-0.2, -0.15) is 18.2 Å². The van der Waals surface area contributed by atoms with Crippen LogP contribution < -0.4 is 36.3 Å². The molecular formula is C62H51BrF4MgN2O7. The summed E-state index contributed by atoms with van der Waals surface area (Å²) in [7, 11) is 0. The van der Waals surface area contributed by atoms with Crippen LogP contribution in [-0.4, -0.2) is 51.7 Å². The number of anilines is 2. The molecule has 10 rings (SSSR count). The summed E-state index contributed by atoms with van der Waals surface area (Å²) in [5, 5.41) is 9.04. The molecule has 2 aliphatic heterocycles. The fourth-order valence-corrected chi connectivity index (χ4v) is 8.92. The Morgan fingerprint density at radius 2 is 0.844 bits per heavy atom. The number of benzene rings is 8. The molecule has 1 N–H and O–H groups in total. The molecule has 0 aliphatic carbocycles. The van der Waals surface area contributed by atoms with E-state index in [0.717, 1.165) is 22.3 Å². The van der Waals surface area contributed by atoms with Crippen molar-refractivity contribution >= 4 is 58.0 Å². The predicted molar refractivity (Wildman–Crippen MR) is 282 cm³/mol. The van der Waals surface area contributed by atoms with E-state index in [0.29, 0.717) is 48.1 Å². The molecule has 2 amide bonds. The summed E-state index contributed by atoms with van der Waals surface area (Å²) in [6, 6.07) is 59.6. The van der Waals surface area contributed by atoms with Crippen LogP contribution in [0.15, 0.2) is 206 Å². The Morgan fingerprint density at radius 1 is 0.481 bits per heavy atom. The van der Waals surface area contributed by atoms with Gasteiger partial charge in [0.1, 0.15) is 42.2 Å². The molecule has 8 aromatic rings. The number of carboxylic acid groups (broad SMARTS) is 1. The fourth-order valence-electron chi connectivity index (χ4n) is 8.92. The number of aliphatic carboxylic acids is 1. The predicted octanol–water partition coefficient (Wildman–Crippen LogP) is 10.1. The van der Waals surface area contributed by atoms with Gasteiger partial charge >= 0.3 is 29.0 Å². The largest absolute Gasteiger partial charge is 2.00 e.